The fourth-order valence-electron chi connectivity index (χ4n) is 2.33. The van der Waals surface area contributed by atoms with E-state index >= 15 is 0 Å². The Labute approximate surface area is 142 Å². The molecule has 23 heavy (non-hydrogen) atoms. The molecule has 0 aliphatic heterocycles. The summed E-state index contributed by atoms with van der Waals surface area (Å²) in [7, 11) is 0. The lowest BCUT2D eigenvalue weighted by molar-refractivity contribution is 0.102. The topological polar surface area (TPSA) is 54.0 Å². The zero-order chi connectivity index (χ0) is 16.8. The summed E-state index contributed by atoms with van der Waals surface area (Å²) >= 11 is 6.23. The van der Waals surface area contributed by atoms with Crippen molar-refractivity contribution in [2.24, 2.45) is 0 Å². The molecule has 1 aromatic heterocycles. The van der Waals surface area contributed by atoms with Crippen molar-refractivity contribution in [2.45, 2.75) is 33.6 Å². The number of carbonyl (C=O) groups excluding carboxylic acids is 1. The highest BCUT2D eigenvalue weighted by molar-refractivity contribution is 6.34. The molecule has 122 valence electrons. The Morgan fingerprint density at radius 1 is 1.26 bits per heavy atom. The van der Waals surface area contributed by atoms with Gasteiger partial charge in [-0.3, -0.25) is 9.78 Å². The van der Waals surface area contributed by atoms with Crippen molar-refractivity contribution in [2.75, 3.05) is 17.2 Å². The second-order valence-electron chi connectivity index (χ2n) is 5.60. The Balaban J connectivity index is 2.13. The van der Waals surface area contributed by atoms with Crippen LogP contribution in [0.4, 0.5) is 11.4 Å². The number of amides is 1. The molecule has 2 N–H and O–H groups in total. The number of aryl methyl sites for hydroxylation is 2. The van der Waals surface area contributed by atoms with Gasteiger partial charge in [0.05, 0.1) is 10.7 Å². The summed E-state index contributed by atoms with van der Waals surface area (Å²) in [6, 6.07) is 7.43. The van der Waals surface area contributed by atoms with Crippen molar-refractivity contribution in [3.05, 3.63) is 52.3 Å². The van der Waals surface area contributed by atoms with E-state index in [0.29, 0.717) is 16.4 Å². The van der Waals surface area contributed by atoms with E-state index in [2.05, 4.69) is 22.5 Å². The molecule has 0 radical (unpaired) electrons. The number of nitrogens with zero attached hydrogens (tertiary/aromatic N) is 1. The van der Waals surface area contributed by atoms with E-state index in [4.69, 9.17) is 11.6 Å². The highest BCUT2D eigenvalue weighted by Gasteiger charge is 2.12. The van der Waals surface area contributed by atoms with Gasteiger partial charge in [-0.25, -0.2) is 0 Å². The number of anilines is 2. The first kappa shape index (κ1) is 17.3. The molecular formula is C18H22ClN3O. The monoisotopic (exact) mass is 331 g/mol. The SMILES string of the molecule is CCCCNc1ccnc(C(=O)Nc2c(C)cc(C)cc2Cl)c1. The highest BCUT2D eigenvalue weighted by atomic mass is 35.5. The molecule has 0 aliphatic rings. The predicted octanol–water partition coefficient (Wildman–Crippen LogP) is 4.82. The van der Waals surface area contributed by atoms with Crippen LogP contribution in [0.15, 0.2) is 30.5 Å². The largest absolute Gasteiger partial charge is 0.385 e. The molecule has 0 unspecified atom stereocenters. The van der Waals surface area contributed by atoms with E-state index in [9.17, 15) is 4.79 Å². The van der Waals surface area contributed by atoms with E-state index in [-0.39, 0.29) is 5.91 Å². The summed E-state index contributed by atoms with van der Waals surface area (Å²) in [6.45, 7) is 6.91. The van der Waals surface area contributed by atoms with Gasteiger partial charge in [0.2, 0.25) is 0 Å². The van der Waals surface area contributed by atoms with Crippen LogP contribution in [0.3, 0.4) is 0 Å². The normalized spacial score (nSPS) is 10.4. The van der Waals surface area contributed by atoms with Crippen LogP contribution in [0.2, 0.25) is 5.02 Å². The summed E-state index contributed by atoms with van der Waals surface area (Å²) in [5.41, 5.74) is 3.88. The number of pyridine rings is 1. The Hall–Kier alpha value is -2.07. The third-order valence-corrected chi connectivity index (χ3v) is 3.82. The van der Waals surface area contributed by atoms with Crippen LogP contribution in [-0.2, 0) is 0 Å². The van der Waals surface area contributed by atoms with E-state index in [1.54, 1.807) is 12.3 Å². The maximum atomic E-state index is 12.4. The molecule has 5 heteroatoms. The van der Waals surface area contributed by atoms with Crippen molar-refractivity contribution in [1.82, 2.24) is 4.98 Å². The first-order valence-electron chi connectivity index (χ1n) is 7.79. The van der Waals surface area contributed by atoms with Gasteiger partial charge in [0.1, 0.15) is 5.69 Å². The van der Waals surface area contributed by atoms with Gasteiger partial charge in [-0.2, -0.15) is 0 Å². The molecule has 0 saturated heterocycles. The Morgan fingerprint density at radius 2 is 2.04 bits per heavy atom. The van der Waals surface area contributed by atoms with Crippen molar-refractivity contribution < 1.29 is 4.79 Å². The zero-order valence-corrected chi connectivity index (χ0v) is 14.5. The van der Waals surface area contributed by atoms with Crippen molar-refractivity contribution in [3.8, 4) is 0 Å². The standard InChI is InChI=1S/C18H22ClN3O/c1-4-5-7-20-14-6-8-21-16(11-14)18(23)22-17-13(3)9-12(2)10-15(17)19/h6,8-11H,4-5,7H2,1-3H3,(H,20,21)(H,22,23). The molecule has 1 amide bonds. The van der Waals surface area contributed by atoms with E-state index in [1.807, 2.05) is 32.0 Å². The first-order chi connectivity index (χ1) is 11.0. The first-order valence-corrected chi connectivity index (χ1v) is 8.17. The molecular weight excluding hydrogens is 310 g/mol. The van der Waals surface area contributed by atoms with Gasteiger partial charge < -0.3 is 10.6 Å². The number of nitrogens with one attached hydrogen (secondary N) is 2. The average molecular weight is 332 g/mol. The van der Waals surface area contributed by atoms with E-state index < -0.39 is 0 Å². The smallest absolute Gasteiger partial charge is 0.274 e. The molecule has 2 rings (SSSR count). The molecule has 1 heterocycles. The lowest BCUT2D eigenvalue weighted by atomic mass is 10.1. The number of hydrogen-bond acceptors (Lipinski definition) is 3. The van der Waals surface area contributed by atoms with Gasteiger partial charge >= 0.3 is 0 Å². The Kier molecular flexibility index (Phi) is 5.99. The molecule has 0 spiro atoms. The average Bonchev–Trinajstić information content (AvgIpc) is 2.51. The molecule has 0 aliphatic carbocycles. The maximum Gasteiger partial charge on any atom is 0.274 e. The Morgan fingerprint density at radius 3 is 2.74 bits per heavy atom. The zero-order valence-electron chi connectivity index (χ0n) is 13.7. The van der Waals surface area contributed by atoms with E-state index in [0.717, 1.165) is 36.2 Å². The molecule has 0 bridgehead atoms. The molecule has 2 aromatic rings. The lowest BCUT2D eigenvalue weighted by Gasteiger charge is -2.12. The fraction of sp³-hybridized carbons (Fsp3) is 0.333. The summed E-state index contributed by atoms with van der Waals surface area (Å²) in [5, 5.41) is 6.68. The van der Waals surface area contributed by atoms with Crippen molar-refractivity contribution in [1.29, 1.82) is 0 Å². The number of aromatic nitrogens is 1. The molecule has 1 aromatic carbocycles. The second kappa shape index (κ2) is 7.97. The van der Waals surface area contributed by atoms with Crippen molar-refractivity contribution in [3.63, 3.8) is 0 Å². The van der Waals surface area contributed by atoms with Crippen LogP contribution >= 0.6 is 11.6 Å². The minimum atomic E-state index is -0.266. The number of hydrogen-bond donors (Lipinski definition) is 2. The number of carbonyl (C=O) groups is 1. The van der Waals surface area contributed by atoms with Crippen LogP contribution in [0, 0.1) is 13.8 Å². The number of halogens is 1. The quantitative estimate of drug-likeness (QED) is 0.746. The van der Waals surface area contributed by atoms with Gasteiger partial charge in [-0.15, -0.1) is 0 Å². The maximum absolute atomic E-state index is 12.4. The summed E-state index contributed by atoms with van der Waals surface area (Å²) < 4.78 is 0. The summed E-state index contributed by atoms with van der Waals surface area (Å²) in [5.74, 6) is -0.266. The molecule has 0 atom stereocenters. The lowest BCUT2D eigenvalue weighted by Crippen LogP contribution is -2.15. The van der Waals surface area contributed by atoms with Gasteiger partial charge in [-0.1, -0.05) is 31.0 Å². The van der Waals surface area contributed by atoms with Crippen LogP contribution in [-0.4, -0.2) is 17.4 Å². The van der Waals surface area contributed by atoms with Gasteiger partial charge in [0.15, 0.2) is 0 Å². The molecule has 0 fully saturated rings. The minimum absolute atomic E-state index is 0.266. The third kappa shape index (κ3) is 4.70. The Bertz CT molecular complexity index is 677. The van der Waals surface area contributed by atoms with Crippen LogP contribution in [0.25, 0.3) is 0 Å². The predicted molar refractivity (Wildman–Crippen MR) is 96.5 cm³/mol. The van der Waals surface area contributed by atoms with Crippen LogP contribution < -0.4 is 10.6 Å². The number of benzene rings is 1. The molecule has 4 nitrogen and oxygen atoms in total. The fourth-order valence-corrected chi connectivity index (χ4v) is 2.69. The highest BCUT2D eigenvalue weighted by Crippen LogP contribution is 2.27. The second-order valence-corrected chi connectivity index (χ2v) is 6.01. The van der Waals surface area contributed by atoms with Crippen LogP contribution in [0.1, 0.15) is 41.4 Å². The van der Waals surface area contributed by atoms with E-state index in [1.165, 1.54) is 0 Å². The third-order valence-electron chi connectivity index (χ3n) is 3.52. The number of rotatable bonds is 6. The van der Waals surface area contributed by atoms with Gasteiger partial charge in [0.25, 0.3) is 5.91 Å². The number of unbranched alkanes of at least 4 members (excludes halogenated alkanes) is 1. The van der Waals surface area contributed by atoms with Gasteiger partial charge in [-0.05, 0) is 49.6 Å². The van der Waals surface area contributed by atoms with Gasteiger partial charge in [0, 0.05) is 18.4 Å². The molecule has 0 saturated carbocycles. The minimum Gasteiger partial charge on any atom is -0.385 e. The van der Waals surface area contributed by atoms with Crippen molar-refractivity contribution >= 4 is 28.9 Å². The summed E-state index contributed by atoms with van der Waals surface area (Å²) in [6.07, 6.45) is 3.84. The summed E-state index contributed by atoms with van der Waals surface area (Å²) in [4.78, 5) is 16.6. The van der Waals surface area contributed by atoms with Crippen LogP contribution in [0.5, 0.6) is 0 Å².